The molecule has 3 aromatic rings. The molecule has 0 saturated heterocycles. The fraction of sp³-hybridized carbons (Fsp3) is 0.150. The van der Waals surface area contributed by atoms with Crippen molar-refractivity contribution in [2.45, 2.75) is 17.4 Å². The Labute approximate surface area is 166 Å². The van der Waals surface area contributed by atoms with Crippen molar-refractivity contribution in [1.82, 2.24) is 10.0 Å². The van der Waals surface area contributed by atoms with Crippen molar-refractivity contribution in [3.63, 3.8) is 0 Å². The molecule has 0 aliphatic rings. The Bertz CT molecular complexity index is 1070. The van der Waals surface area contributed by atoms with E-state index in [9.17, 15) is 22.0 Å². The molecule has 0 radical (unpaired) electrons. The quantitative estimate of drug-likeness (QED) is 0.586. The summed E-state index contributed by atoms with van der Waals surface area (Å²) in [7, 11) is -4.07. The van der Waals surface area contributed by atoms with Gasteiger partial charge in [-0.05, 0) is 35.9 Å². The van der Waals surface area contributed by atoms with Gasteiger partial charge in [-0.2, -0.15) is 0 Å². The largest absolute Gasteiger partial charge is 0.467 e. The highest BCUT2D eigenvalue weighted by Gasteiger charge is 2.20. The van der Waals surface area contributed by atoms with Crippen LogP contribution in [0.25, 0.3) is 0 Å². The van der Waals surface area contributed by atoms with Gasteiger partial charge < -0.3 is 9.73 Å². The van der Waals surface area contributed by atoms with Gasteiger partial charge in [0.05, 0.1) is 11.2 Å². The summed E-state index contributed by atoms with van der Waals surface area (Å²) in [5.74, 6) is -2.29. The van der Waals surface area contributed by atoms with Gasteiger partial charge in [0.15, 0.2) is 11.6 Å². The fourth-order valence-electron chi connectivity index (χ4n) is 2.68. The number of halogens is 2. The molecule has 2 aromatic carbocycles. The van der Waals surface area contributed by atoms with Crippen molar-refractivity contribution in [1.29, 1.82) is 0 Å². The Kier molecular flexibility index (Phi) is 6.40. The van der Waals surface area contributed by atoms with Crippen LogP contribution in [0.5, 0.6) is 0 Å². The average Bonchev–Trinajstić information content (AvgIpc) is 3.23. The molecular weight excluding hydrogens is 402 g/mol. The van der Waals surface area contributed by atoms with Gasteiger partial charge in [0.1, 0.15) is 11.8 Å². The molecule has 152 valence electrons. The number of sulfonamides is 1. The van der Waals surface area contributed by atoms with Gasteiger partial charge in [-0.25, -0.2) is 21.9 Å². The number of carbonyl (C=O) groups is 1. The third kappa shape index (κ3) is 5.27. The van der Waals surface area contributed by atoms with E-state index in [1.54, 1.807) is 12.1 Å². The Morgan fingerprint density at radius 1 is 1.00 bits per heavy atom. The van der Waals surface area contributed by atoms with Crippen LogP contribution in [0.3, 0.4) is 0 Å². The van der Waals surface area contributed by atoms with Crippen molar-refractivity contribution >= 4 is 15.9 Å². The third-order valence-corrected chi connectivity index (χ3v) is 5.57. The molecule has 0 saturated carbocycles. The first-order chi connectivity index (χ1) is 13.9. The topological polar surface area (TPSA) is 88.4 Å². The van der Waals surface area contributed by atoms with Crippen LogP contribution in [0.1, 0.15) is 23.8 Å². The molecule has 0 aliphatic heterocycles. The molecule has 1 heterocycles. The molecule has 29 heavy (non-hydrogen) atoms. The van der Waals surface area contributed by atoms with Crippen molar-refractivity contribution in [2.24, 2.45) is 0 Å². The maximum Gasteiger partial charge on any atom is 0.240 e. The van der Waals surface area contributed by atoms with Crippen molar-refractivity contribution in [3.05, 3.63) is 89.9 Å². The van der Waals surface area contributed by atoms with Crippen LogP contribution < -0.4 is 10.0 Å². The highest BCUT2D eigenvalue weighted by molar-refractivity contribution is 7.89. The van der Waals surface area contributed by atoms with Crippen molar-refractivity contribution < 1.29 is 26.4 Å². The van der Waals surface area contributed by atoms with Crippen LogP contribution in [0.4, 0.5) is 8.78 Å². The van der Waals surface area contributed by atoms with Gasteiger partial charge >= 0.3 is 0 Å². The smallest absolute Gasteiger partial charge is 0.240 e. The number of rotatable bonds is 8. The molecule has 1 aromatic heterocycles. The first-order valence-electron chi connectivity index (χ1n) is 8.69. The van der Waals surface area contributed by atoms with E-state index >= 15 is 0 Å². The molecule has 0 fully saturated rings. The lowest BCUT2D eigenvalue weighted by molar-refractivity contribution is -0.121. The second kappa shape index (κ2) is 8.97. The standard InChI is InChI=1S/C20H18F2N2O4S/c21-16-9-8-15(13-17(16)22)29(26,27)23-11-10-19(25)24-20(18-7-4-12-28-18)14-5-2-1-3-6-14/h1-9,12-13,20,23H,10-11H2,(H,24,25). The summed E-state index contributed by atoms with van der Waals surface area (Å²) in [6.07, 6.45) is 1.33. The molecule has 1 atom stereocenters. The summed E-state index contributed by atoms with van der Waals surface area (Å²) >= 11 is 0. The first-order valence-corrected chi connectivity index (χ1v) is 10.2. The van der Waals surface area contributed by atoms with Gasteiger partial charge in [-0.3, -0.25) is 4.79 Å². The van der Waals surface area contributed by atoms with Crippen LogP contribution in [-0.2, 0) is 14.8 Å². The molecular formula is C20H18F2N2O4S. The highest BCUT2D eigenvalue weighted by Crippen LogP contribution is 2.22. The molecule has 2 N–H and O–H groups in total. The monoisotopic (exact) mass is 420 g/mol. The number of carbonyl (C=O) groups excluding carboxylic acids is 1. The minimum atomic E-state index is -4.07. The number of hydrogen-bond acceptors (Lipinski definition) is 4. The normalized spacial score (nSPS) is 12.5. The van der Waals surface area contributed by atoms with E-state index in [4.69, 9.17) is 4.42 Å². The minimum absolute atomic E-state index is 0.160. The third-order valence-electron chi connectivity index (χ3n) is 4.11. The molecule has 6 nitrogen and oxygen atoms in total. The predicted octanol–water partition coefficient (Wildman–Crippen LogP) is 3.13. The number of nitrogens with one attached hydrogen (secondary N) is 2. The Morgan fingerprint density at radius 2 is 1.76 bits per heavy atom. The summed E-state index contributed by atoms with van der Waals surface area (Å²) in [4.78, 5) is 11.9. The summed E-state index contributed by atoms with van der Waals surface area (Å²) in [5.41, 5.74) is 0.804. The Balaban J connectivity index is 1.61. The summed E-state index contributed by atoms with van der Waals surface area (Å²) in [5, 5.41) is 2.80. The first kappa shape index (κ1) is 20.7. The van der Waals surface area contributed by atoms with Crippen LogP contribution >= 0.6 is 0 Å². The zero-order valence-electron chi connectivity index (χ0n) is 15.1. The van der Waals surface area contributed by atoms with E-state index in [1.807, 2.05) is 30.3 Å². The Hall–Kier alpha value is -3.04. The molecule has 1 unspecified atom stereocenters. The van der Waals surface area contributed by atoms with E-state index in [0.29, 0.717) is 11.8 Å². The number of hydrogen-bond donors (Lipinski definition) is 2. The van der Waals surface area contributed by atoms with Gasteiger partial charge in [-0.15, -0.1) is 0 Å². The molecule has 1 amide bonds. The maximum absolute atomic E-state index is 13.3. The summed E-state index contributed by atoms with van der Waals surface area (Å²) < 4.78 is 58.1. The highest BCUT2D eigenvalue weighted by atomic mass is 32.2. The minimum Gasteiger partial charge on any atom is -0.467 e. The van der Waals surface area contributed by atoms with Crippen LogP contribution in [-0.4, -0.2) is 20.9 Å². The van der Waals surface area contributed by atoms with E-state index in [-0.39, 0.29) is 13.0 Å². The zero-order valence-corrected chi connectivity index (χ0v) is 16.0. The van der Waals surface area contributed by atoms with Gasteiger partial charge in [0.25, 0.3) is 0 Å². The lowest BCUT2D eigenvalue weighted by Gasteiger charge is -2.17. The Morgan fingerprint density at radius 3 is 2.41 bits per heavy atom. The van der Waals surface area contributed by atoms with Crippen LogP contribution in [0.2, 0.25) is 0 Å². The lowest BCUT2D eigenvalue weighted by Crippen LogP contribution is -2.33. The molecule has 0 bridgehead atoms. The molecule has 3 rings (SSSR count). The second-order valence-corrected chi connectivity index (χ2v) is 7.92. The van der Waals surface area contributed by atoms with Gasteiger partial charge in [0, 0.05) is 13.0 Å². The van der Waals surface area contributed by atoms with Crippen LogP contribution in [0, 0.1) is 11.6 Å². The predicted molar refractivity (Wildman–Crippen MR) is 101 cm³/mol. The van der Waals surface area contributed by atoms with E-state index in [0.717, 1.165) is 17.7 Å². The van der Waals surface area contributed by atoms with E-state index < -0.39 is 38.5 Å². The lowest BCUT2D eigenvalue weighted by atomic mass is 10.0. The van der Waals surface area contributed by atoms with Crippen LogP contribution in [0.15, 0.2) is 76.2 Å². The SMILES string of the molecule is O=C(CCNS(=O)(=O)c1ccc(F)c(F)c1)NC(c1ccccc1)c1ccco1. The average molecular weight is 420 g/mol. The second-order valence-electron chi connectivity index (χ2n) is 6.15. The summed E-state index contributed by atoms with van der Waals surface area (Å²) in [6, 6.07) is 14.3. The van der Waals surface area contributed by atoms with Crippen molar-refractivity contribution in [2.75, 3.05) is 6.54 Å². The van der Waals surface area contributed by atoms with Gasteiger partial charge in [-0.1, -0.05) is 30.3 Å². The zero-order chi connectivity index (χ0) is 20.9. The molecule has 0 spiro atoms. The number of amides is 1. The van der Waals surface area contributed by atoms with Gasteiger partial charge in [0.2, 0.25) is 15.9 Å². The summed E-state index contributed by atoms with van der Waals surface area (Å²) in [6.45, 7) is -0.215. The fourth-order valence-corrected chi connectivity index (χ4v) is 3.72. The van der Waals surface area contributed by atoms with E-state index in [1.165, 1.54) is 6.26 Å². The maximum atomic E-state index is 13.3. The van der Waals surface area contributed by atoms with Crippen molar-refractivity contribution in [3.8, 4) is 0 Å². The molecule has 0 aliphatic carbocycles. The number of benzene rings is 2. The molecule has 9 heteroatoms. The van der Waals surface area contributed by atoms with E-state index in [2.05, 4.69) is 10.0 Å². The number of furan rings is 1.